The van der Waals surface area contributed by atoms with Gasteiger partial charge in [0.05, 0.1) is 0 Å². The van der Waals surface area contributed by atoms with E-state index in [1.165, 1.54) is 4.31 Å². The molecule has 1 aliphatic rings. The minimum atomic E-state index is -4.02. The van der Waals surface area contributed by atoms with Crippen molar-refractivity contribution in [3.05, 3.63) is 41.6 Å². The van der Waals surface area contributed by atoms with E-state index in [1.807, 2.05) is 24.8 Å². The van der Waals surface area contributed by atoms with Crippen molar-refractivity contribution < 1.29 is 17.2 Å². The molecule has 7 nitrogen and oxygen atoms in total. The predicted molar refractivity (Wildman–Crippen MR) is 98.3 cm³/mol. The lowest BCUT2D eigenvalue weighted by atomic mass is 10.3. The topological polar surface area (TPSA) is 78.4 Å². The molecule has 0 unspecified atom stereocenters. The van der Waals surface area contributed by atoms with Gasteiger partial charge in [0.1, 0.15) is 22.3 Å². The Morgan fingerprint density at radius 1 is 1.11 bits per heavy atom. The summed E-state index contributed by atoms with van der Waals surface area (Å²) in [5.41, 5.74) is 0.805. The Balaban J connectivity index is 1.75. The van der Waals surface area contributed by atoms with Crippen LogP contribution in [0.25, 0.3) is 0 Å². The summed E-state index contributed by atoms with van der Waals surface area (Å²) in [5, 5.41) is 3.07. The van der Waals surface area contributed by atoms with Crippen molar-refractivity contribution >= 4 is 21.8 Å². The molecule has 0 aliphatic carbocycles. The summed E-state index contributed by atoms with van der Waals surface area (Å²) in [6.45, 7) is 5.68. The first-order valence-electron chi connectivity index (χ1n) is 8.61. The molecule has 2 aromatic rings. The molecule has 1 saturated heterocycles. The van der Waals surface area contributed by atoms with E-state index in [0.29, 0.717) is 37.5 Å². The molecule has 10 heteroatoms. The number of piperazine rings is 1. The van der Waals surface area contributed by atoms with Gasteiger partial charge in [-0.15, -0.1) is 0 Å². The summed E-state index contributed by atoms with van der Waals surface area (Å²) in [5.74, 6) is -0.662. The zero-order valence-electron chi connectivity index (χ0n) is 15.1. The molecule has 3 rings (SSSR count). The average molecular weight is 397 g/mol. The number of aromatic nitrogens is 2. The van der Waals surface area contributed by atoms with Crippen molar-refractivity contribution in [2.45, 2.75) is 18.7 Å². The molecule has 0 saturated carbocycles. The third-order valence-electron chi connectivity index (χ3n) is 4.25. The van der Waals surface area contributed by atoms with E-state index >= 15 is 0 Å². The Labute approximate surface area is 157 Å². The quantitative estimate of drug-likeness (QED) is 0.832. The molecule has 27 heavy (non-hydrogen) atoms. The maximum absolute atomic E-state index is 13.9. The molecule has 146 valence electrons. The van der Waals surface area contributed by atoms with Crippen LogP contribution < -0.4 is 10.2 Å². The van der Waals surface area contributed by atoms with Crippen LogP contribution in [0.3, 0.4) is 0 Å². The molecular formula is C17H21F2N5O2S. The number of hydrogen-bond donors (Lipinski definition) is 1. The number of halogens is 2. The predicted octanol–water partition coefficient (Wildman–Crippen LogP) is 2.01. The van der Waals surface area contributed by atoms with Crippen molar-refractivity contribution in [1.82, 2.24) is 14.3 Å². The van der Waals surface area contributed by atoms with Gasteiger partial charge >= 0.3 is 0 Å². The van der Waals surface area contributed by atoms with Crippen LogP contribution in [-0.2, 0) is 10.0 Å². The second kappa shape index (κ2) is 7.73. The zero-order valence-corrected chi connectivity index (χ0v) is 15.9. The fourth-order valence-electron chi connectivity index (χ4n) is 2.93. The van der Waals surface area contributed by atoms with Gasteiger partial charge in [-0.1, -0.05) is 0 Å². The minimum absolute atomic E-state index is 0.179. The van der Waals surface area contributed by atoms with Gasteiger partial charge in [0.25, 0.3) is 0 Å². The van der Waals surface area contributed by atoms with Gasteiger partial charge in [0.15, 0.2) is 0 Å². The lowest BCUT2D eigenvalue weighted by Crippen LogP contribution is -2.49. The monoisotopic (exact) mass is 397 g/mol. The maximum Gasteiger partial charge on any atom is 0.246 e. The third-order valence-corrected chi connectivity index (χ3v) is 6.18. The highest BCUT2D eigenvalue weighted by Crippen LogP contribution is 2.23. The normalized spacial score (nSPS) is 15.8. The van der Waals surface area contributed by atoms with E-state index in [1.54, 1.807) is 0 Å². The maximum atomic E-state index is 13.9. The molecule has 0 atom stereocenters. The lowest BCUT2D eigenvalue weighted by molar-refractivity contribution is 0.381. The fraction of sp³-hybridized carbons (Fsp3) is 0.412. The Morgan fingerprint density at radius 2 is 1.81 bits per heavy atom. The second-order valence-electron chi connectivity index (χ2n) is 6.19. The number of nitrogens with zero attached hydrogens (tertiary/aromatic N) is 4. The van der Waals surface area contributed by atoms with Crippen molar-refractivity contribution in [3.63, 3.8) is 0 Å². The van der Waals surface area contributed by atoms with Crippen LogP contribution in [0.4, 0.5) is 20.5 Å². The Bertz CT molecular complexity index is 931. The second-order valence-corrected chi connectivity index (χ2v) is 8.09. The molecular weight excluding hydrogens is 376 g/mol. The first kappa shape index (κ1) is 19.4. The van der Waals surface area contributed by atoms with E-state index in [4.69, 9.17) is 0 Å². The Hall–Kier alpha value is -2.33. The summed E-state index contributed by atoms with van der Waals surface area (Å²) in [4.78, 5) is 10.2. The van der Waals surface area contributed by atoms with E-state index in [0.717, 1.165) is 17.8 Å². The van der Waals surface area contributed by atoms with Crippen molar-refractivity contribution in [1.29, 1.82) is 0 Å². The van der Waals surface area contributed by atoms with Crippen LogP contribution in [-0.4, -0.2) is 55.4 Å². The molecule has 0 spiro atoms. The number of nitrogens with one attached hydrogen (secondary N) is 1. The molecule has 0 radical (unpaired) electrons. The zero-order chi connectivity index (χ0) is 19.6. The fourth-order valence-corrected chi connectivity index (χ4v) is 4.40. The van der Waals surface area contributed by atoms with Crippen LogP contribution in [0.5, 0.6) is 0 Å². The van der Waals surface area contributed by atoms with Crippen molar-refractivity contribution in [3.8, 4) is 0 Å². The molecule has 1 aromatic heterocycles. The number of aryl methyl sites for hydroxylation is 1. The van der Waals surface area contributed by atoms with Crippen LogP contribution in [0.15, 0.2) is 29.2 Å². The first-order valence-corrected chi connectivity index (χ1v) is 10.0. The summed E-state index contributed by atoms with van der Waals surface area (Å²) >= 11 is 0. The highest BCUT2D eigenvalue weighted by atomic mass is 32.2. The summed E-state index contributed by atoms with van der Waals surface area (Å²) in [6, 6.07) is 4.32. The number of hydrogen-bond acceptors (Lipinski definition) is 6. The Kier molecular flexibility index (Phi) is 5.56. The van der Waals surface area contributed by atoms with Crippen LogP contribution in [0.1, 0.15) is 12.6 Å². The van der Waals surface area contributed by atoms with Crippen LogP contribution in [0.2, 0.25) is 0 Å². The first-order chi connectivity index (χ1) is 12.8. The summed E-state index contributed by atoms with van der Waals surface area (Å²) < 4.78 is 53.5. The summed E-state index contributed by atoms with van der Waals surface area (Å²) in [7, 11) is -4.02. The van der Waals surface area contributed by atoms with E-state index in [2.05, 4.69) is 15.3 Å². The van der Waals surface area contributed by atoms with E-state index in [9.17, 15) is 17.2 Å². The largest absolute Gasteiger partial charge is 0.354 e. The summed E-state index contributed by atoms with van der Waals surface area (Å²) in [6.07, 6.45) is 0. The van der Waals surface area contributed by atoms with Crippen molar-refractivity contribution in [2.24, 2.45) is 0 Å². The standard InChI is InChI=1S/C17H21F2N5O2S/c1-3-20-17-21-12(2)10-16(22-17)23-6-8-24(9-7-23)27(25,26)15-5-4-13(18)11-14(15)19/h4-5,10-11H,3,6-9H2,1-2H3,(H,20,21,22). The van der Waals surface area contributed by atoms with Crippen molar-refractivity contribution in [2.75, 3.05) is 42.9 Å². The molecule has 1 aromatic carbocycles. The van der Waals surface area contributed by atoms with Crippen LogP contribution in [0, 0.1) is 18.6 Å². The van der Waals surface area contributed by atoms with Gasteiger partial charge < -0.3 is 10.2 Å². The highest BCUT2D eigenvalue weighted by Gasteiger charge is 2.31. The van der Waals surface area contributed by atoms with Crippen LogP contribution >= 0.6 is 0 Å². The molecule has 0 amide bonds. The molecule has 0 bridgehead atoms. The smallest absolute Gasteiger partial charge is 0.246 e. The van der Waals surface area contributed by atoms with E-state index in [-0.39, 0.29) is 13.1 Å². The number of rotatable bonds is 5. The van der Waals surface area contributed by atoms with Gasteiger partial charge in [-0.3, -0.25) is 0 Å². The van der Waals surface area contributed by atoms with Gasteiger partial charge in [-0.2, -0.15) is 9.29 Å². The third kappa shape index (κ3) is 4.16. The molecule has 1 fully saturated rings. The molecule has 1 N–H and O–H groups in total. The lowest BCUT2D eigenvalue weighted by Gasteiger charge is -2.34. The number of sulfonamides is 1. The highest BCUT2D eigenvalue weighted by molar-refractivity contribution is 7.89. The van der Waals surface area contributed by atoms with E-state index < -0.39 is 26.6 Å². The van der Waals surface area contributed by atoms with Gasteiger partial charge in [-0.05, 0) is 26.0 Å². The molecule has 2 heterocycles. The number of anilines is 2. The van der Waals surface area contributed by atoms with Gasteiger partial charge in [0.2, 0.25) is 16.0 Å². The van der Waals surface area contributed by atoms with Gasteiger partial charge in [-0.25, -0.2) is 22.2 Å². The SMILES string of the molecule is CCNc1nc(C)cc(N2CCN(S(=O)(=O)c3ccc(F)cc3F)CC2)n1. The van der Waals surface area contributed by atoms with Gasteiger partial charge in [0, 0.05) is 50.6 Å². The molecule has 1 aliphatic heterocycles. The Morgan fingerprint density at radius 3 is 2.44 bits per heavy atom. The average Bonchev–Trinajstić information content (AvgIpc) is 2.61. The number of benzene rings is 1. The minimum Gasteiger partial charge on any atom is -0.354 e.